The van der Waals surface area contributed by atoms with E-state index in [1.54, 1.807) is 22.9 Å². The van der Waals surface area contributed by atoms with Gasteiger partial charge in [0.15, 0.2) is 0 Å². The van der Waals surface area contributed by atoms with Crippen LogP contribution in [0.4, 0.5) is 0 Å². The molecule has 0 radical (unpaired) electrons. The quantitative estimate of drug-likeness (QED) is 0.716. The van der Waals surface area contributed by atoms with Gasteiger partial charge >= 0.3 is 0 Å². The summed E-state index contributed by atoms with van der Waals surface area (Å²) in [5.74, 6) is 1.05. The second-order valence-electron chi connectivity index (χ2n) is 4.82. The molecule has 8 nitrogen and oxygen atoms in total. The van der Waals surface area contributed by atoms with Crippen molar-refractivity contribution in [2.45, 2.75) is 18.6 Å². The summed E-state index contributed by atoms with van der Waals surface area (Å²) in [6, 6.07) is 0. The van der Waals surface area contributed by atoms with Crippen LogP contribution in [0.15, 0.2) is 17.6 Å². The maximum absolute atomic E-state index is 12.4. The number of aromatic nitrogens is 5. The highest BCUT2D eigenvalue weighted by molar-refractivity contribution is 7.99. The molecule has 22 heavy (non-hydrogen) atoms. The van der Waals surface area contributed by atoms with Gasteiger partial charge in [-0.15, -0.1) is 5.10 Å². The van der Waals surface area contributed by atoms with Crippen LogP contribution in [0.1, 0.15) is 11.4 Å². The smallest absolute Gasteiger partial charge is 0.233 e. The van der Waals surface area contributed by atoms with Gasteiger partial charge in [0.1, 0.15) is 5.82 Å². The van der Waals surface area contributed by atoms with Gasteiger partial charge in [-0.1, -0.05) is 11.8 Å². The van der Waals surface area contributed by atoms with Crippen molar-refractivity contribution in [3.05, 3.63) is 23.8 Å². The Morgan fingerprint density at radius 1 is 1.55 bits per heavy atom. The Balaban J connectivity index is 1.92. The second kappa shape index (κ2) is 7.95. The third-order valence-electron chi connectivity index (χ3n) is 2.95. The highest BCUT2D eigenvalue weighted by Gasteiger charge is 2.16. The van der Waals surface area contributed by atoms with Crippen molar-refractivity contribution < 1.29 is 9.53 Å². The largest absolute Gasteiger partial charge is 0.383 e. The van der Waals surface area contributed by atoms with E-state index in [1.807, 2.05) is 20.2 Å². The summed E-state index contributed by atoms with van der Waals surface area (Å²) in [6.45, 7) is 3.38. The summed E-state index contributed by atoms with van der Waals surface area (Å²) in [5, 5.41) is 11.5. The lowest BCUT2D eigenvalue weighted by Gasteiger charge is -2.21. The molecule has 2 heterocycles. The number of ether oxygens (including phenoxy) is 1. The number of aromatic amines is 1. The molecule has 0 aromatic carbocycles. The molecule has 0 unspecified atom stereocenters. The predicted molar refractivity (Wildman–Crippen MR) is 82.3 cm³/mol. The third kappa shape index (κ3) is 4.85. The molecule has 0 saturated carbocycles. The first kappa shape index (κ1) is 16.5. The van der Waals surface area contributed by atoms with Crippen LogP contribution in [-0.4, -0.2) is 61.8 Å². The molecule has 0 spiro atoms. The van der Waals surface area contributed by atoms with Crippen LogP contribution in [0.3, 0.4) is 0 Å². The van der Waals surface area contributed by atoms with E-state index in [4.69, 9.17) is 4.74 Å². The second-order valence-corrected chi connectivity index (χ2v) is 5.76. The molecule has 0 atom stereocenters. The van der Waals surface area contributed by atoms with E-state index >= 15 is 0 Å². The number of hydrogen-bond acceptors (Lipinski definition) is 6. The summed E-state index contributed by atoms with van der Waals surface area (Å²) in [6.07, 6.45) is 3.66. The first-order valence-electron chi connectivity index (χ1n) is 6.84. The summed E-state index contributed by atoms with van der Waals surface area (Å²) < 4.78 is 6.80. The Morgan fingerprint density at radius 2 is 2.36 bits per heavy atom. The Kier molecular flexibility index (Phi) is 5.96. The summed E-state index contributed by atoms with van der Waals surface area (Å²) in [7, 11) is 3.48. The Hall–Kier alpha value is -1.87. The number of hydrogen-bond donors (Lipinski definition) is 1. The fourth-order valence-electron chi connectivity index (χ4n) is 1.87. The van der Waals surface area contributed by atoms with Gasteiger partial charge in [0.25, 0.3) is 0 Å². The number of nitrogens with one attached hydrogen (secondary N) is 1. The molecule has 0 bridgehead atoms. The SMILES string of the molecule is COCCN(Cc1cnn(C)c1)C(=O)CSc1n[nH]c(C)n1. The molecule has 1 amide bonds. The van der Waals surface area contributed by atoms with E-state index in [9.17, 15) is 4.79 Å². The number of nitrogens with zero attached hydrogens (tertiary/aromatic N) is 5. The van der Waals surface area contributed by atoms with Crippen LogP contribution in [0, 0.1) is 6.92 Å². The van der Waals surface area contributed by atoms with Gasteiger partial charge in [0.2, 0.25) is 11.1 Å². The average molecular weight is 324 g/mol. The molecule has 9 heteroatoms. The maximum Gasteiger partial charge on any atom is 0.233 e. The van der Waals surface area contributed by atoms with Crippen molar-refractivity contribution in [1.82, 2.24) is 29.9 Å². The van der Waals surface area contributed by atoms with Crippen molar-refractivity contribution in [1.29, 1.82) is 0 Å². The number of aryl methyl sites for hydroxylation is 2. The average Bonchev–Trinajstić information content (AvgIpc) is 3.09. The number of carbonyl (C=O) groups is 1. The van der Waals surface area contributed by atoms with E-state index in [0.29, 0.717) is 30.6 Å². The van der Waals surface area contributed by atoms with Gasteiger partial charge in [-0.3, -0.25) is 14.6 Å². The number of rotatable bonds is 8. The van der Waals surface area contributed by atoms with Gasteiger partial charge in [-0.05, 0) is 6.92 Å². The first-order valence-corrected chi connectivity index (χ1v) is 7.83. The minimum absolute atomic E-state index is 0.0216. The maximum atomic E-state index is 12.4. The van der Waals surface area contributed by atoms with Crippen LogP contribution >= 0.6 is 11.8 Å². The Labute approximate surface area is 133 Å². The standard InChI is InChI=1S/C13H20N6O2S/c1-10-15-13(17-16-10)22-9-12(20)19(4-5-21-3)8-11-6-14-18(2)7-11/h6-7H,4-5,8-9H2,1-3H3,(H,15,16,17). The van der Waals surface area contributed by atoms with E-state index in [2.05, 4.69) is 20.3 Å². The van der Waals surface area contributed by atoms with Gasteiger partial charge in [0.05, 0.1) is 18.6 Å². The zero-order valence-corrected chi connectivity index (χ0v) is 13.8. The van der Waals surface area contributed by atoms with E-state index < -0.39 is 0 Å². The monoisotopic (exact) mass is 324 g/mol. The van der Waals surface area contributed by atoms with Gasteiger partial charge in [-0.25, -0.2) is 4.98 Å². The van der Waals surface area contributed by atoms with Crippen LogP contribution in [0.2, 0.25) is 0 Å². The number of amides is 1. The van der Waals surface area contributed by atoms with Crippen molar-refractivity contribution in [2.24, 2.45) is 7.05 Å². The Morgan fingerprint density at radius 3 is 2.95 bits per heavy atom. The molecule has 2 aromatic rings. The van der Waals surface area contributed by atoms with Crippen LogP contribution < -0.4 is 0 Å². The topological polar surface area (TPSA) is 88.9 Å². The van der Waals surface area contributed by atoms with Gasteiger partial charge in [0, 0.05) is 39.0 Å². The van der Waals surface area contributed by atoms with Crippen molar-refractivity contribution in [3.63, 3.8) is 0 Å². The highest BCUT2D eigenvalue weighted by atomic mass is 32.2. The molecular formula is C13H20N6O2S. The molecule has 1 N–H and O–H groups in total. The molecule has 2 rings (SSSR count). The first-order chi connectivity index (χ1) is 10.6. The minimum atomic E-state index is 0.0216. The zero-order chi connectivity index (χ0) is 15.9. The number of thioether (sulfide) groups is 1. The number of H-pyrrole nitrogens is 1. The number of methoxy groups -OCH3 is 1. The van der Waals surface area contributed by atoms with Gasteiger partial charge < -0.3 is 9.64 Å². The zero-order valence-electron chi connectivity index (χ0n) is 12.9. The molecule has 0 aliphatic heterocycles. The lowest BCUT2D eigenvalue weighted by Crippen LogP contribution is -2.34. The summed E-state index contributed by atoms with van der Waals surface area (Å²) >= 11 is 1.32. The minimum Gasteiger partial charge on any atom is -0.383 e. The van der Waals surface area contributed by atoms with E-state index in [-0.39, 0.29) is 5.91 Å². The lowest BCUT2D eigenvalue weighted by molar-refractivity contribution is -0.129. The van der Waals surface area contributed by atoms with Crippen LogP contribution in [-0.2, 0) is 23.1 Å². The third-order valence-corrected chi connectivity index (χ3v) is 3.78. The fraction of sp³-hybridized carbons (Fsp3) is 0.538. The van der Waals surface area contributed by atoms with Gasteiger partial charge in [-0.2, -0.15) is 5.10 Å². The molecule has 0 saturated heterocycles. The van der Waals surface area contributed by atoms with Crippen molar-refractivity contribution in [2.75, 3.05) is 26.0 Å². The normalized spacial score (nSPS) is 10.9. The molecule has 0 fully saturated rings. The Bertz CT molecular complexity index is 611. The summed E-state index contributed by atoms with van der Waals surface area (Å²) in [5.41, 5.74) is 0.991. The molecule has 120 valence electrons. The number of carbonyl (C=O) groups excluding carboxylic acids is 1. The van der Waals surface area contributed by atoms with E-state index in [0.717, 1.165) is 11.4 Å². The van der Waals surface area contributed by atoms with Crippen LogP contribution in [0.25, 0.3) is 0 Å². The molecule has 2 aromatic heterocycles. The van der Waals surface area contributed by atoms with Crippen LogP contribution in [0.5, 0.6) is 0 Å². The molecule has 0 aliphatic carbocycles. The lowest BCUT2D eigenvalue weighted by atomic mass is 10.3. The fourth-order valence-corrected chi connectivity index (χ4v) is 2.62. The molecular weight excluding hydrogens is 304 g/mol. The van der Waals surface area contributed by atoms with E-state index in [1.165, 1.54) is 11.8 Å². The predicted octanol–water partition coefficient (Wildman–Crippen LogP) is 0.614. The summed E-state index contributed by atoms with van der Waals surface area (Å²) in [4.78, 5) is 18.3. The van der Waals surface area contributed by atoms with Crippen molar-refractivity contribution in [3.8, 4) is 0 Å². The highest BCUT2D eigenvalue weighted by Crippen LogP contribution is 2.14. The van der Waals surface area contributed by atoms with Crippen molar-refractivity contribution >= 4 is 17.7 Å². The molecule has 0 aliphatic rings.